The molecule has 2 rings (SSSR count). The van der Waals surface area contributed by atoms with Crippen molar-refractivity contribution in [2.75, 3.05) is 13.2 Å². The average molecular weight is 352 g/mol. The van der Waals surface area contributed by atoms with Crippen LogP contribution >= 0.6 is 24.0 Å². The van der Waals surface area contributed by atoms with Gasteiger partial charge >= 0.3 is 5.97 Å². The van der Waals surface area contributed by atoms with Crippen molar-refractivity contribution < 1.29 is 24.2 Å². The van der Waals surface area contributed by atoms with Crippen LogP contribution in [0.1, 0.15) is 5.56 Å². The Morgan fingerprint density at radius 3 is 2.57 bits per heavy atom. The molecule has 0 saturated carbocycles. The zero-order chi connectivity index (χ0) is 17.0. The Labute approximate surface area is 141 Å². The van der Waals surface area contributed by atoms with E-state index in [2.05, 4.69) is 0 Å². The number of aliphatic carboxylic acids is 1. The fourth-order valence-corrected chi connectivity index (χ4v) is 2.99. The highest BCUT2D eigenvalue weighted by molar-refractivity contribution is 8.26. The molecule has 1 aliphatic heterocycles. The molecule has 1 saturated heterocycles. The number of hydrogen-bond acceptors (Lipinski definition) is 6. The zero-order valence-electron chi connectivity index (χ0n) is 11.7. The smallest absolute Gasteiger partial charge is 0.323 e. The van der Waals surface area contributed by atoms with Gasteiger partial charge in [0.25, 0.3) is 11.8 Å². The molecule has 1 aromatic rings. The van der Waals surface area contributed by atoms with Gasteiger partial charge in [-0.2, -0.15) is 0 Å². The summed E-state index contributed by atoms with van der Waals surface area (Å²) < 4.78 is 5.34. The Bertz CT molecular complexity index is 700. The SMILES string of the molecule is NC(=O)COc1ccc(/C=C2\SC(=S)N(CC(=O)O)C2=O)cc1. The highest BCUT2D eigenvalue weighted by atomic mass is 32.2. The van der Waals surface area contributed by atoms with Crippen LogP contribution in [-0.2, 0) is 14.4 Å². The van der Waals surface area contributed by atoms with Crippen LogP contribution in [0.25, 0.3) is 6.08 Å². The summed E-state index contributed by atoms with van der Waals surface area (Å²) in [6.45, 7) is -0.672. The molecular weight excluding hydrogens is 340 g/mol. The van der Waals surface area contributed by atoms with E-state index in [1.165, 1.54) is 0 Å². The minimum atomic E-state index is -1.13. The van der Waals surface area contributed by atoms with Gasteiger partial charge in [-0.05, 0) is 23.8 Å². The summed E-state index contributed by atoms with van der Waals surface area (Å²) in [5, 5.41) is 8.78. The summed E-state index contributed by atoms with van der Waals surface area (Å²) in [5.74, 6) is -1.66. The number of ether oxygens (including phenoxy) is 1. The highest BCUT2D eigenvalue weighted by Gasteiger charge is 2.33. The normalized spacial score (nSPS) is 16.0. The van der Waals surface area contributed by atoms with E-state index < -0.39 is 24.3 Å². The van der Waals surface area contributed by atoms with E-state index in [1.54, 1.807) is 30.3 Å². The molecule has 7 nitrogen and oxygen atoms in total. The van der Waals surface area contributed by atoms with E-state index in [0.717, 1.165) is 16.7 Å². The molecule has 1 fully saturated rings. The topological polar surface area (TPSA) is 110 Å². The van der Waals surface area contributed by atoms with Crippen molar-refractivity contribution in [3.63, 3.8) is 0 Å². The first kappa shape index (κ1) is 17.0. The third kappa shape index (κ3) is 4.54. The van der Waals surface area contributed by atoms with Gasteiger partial charge in [0.05, 0.1) is 4.91 Å². The fraction of sp³-hybridized carbons (Fsp3) is 0.143. The first-order chi connectivity index (χ1) is 10.9. The van der Waals surface area contributed by atoms with Crippen LogP contribution in [0.5, 0.6) is 5.75 Å². The van der Waals surface area contributed by atoms with Gasteiger partial charge < -0.3 is 15.6 Å². The molecule has 23 heavy (non-hydrogen) atoms. The first-order valence-electron chi connectivity index (χ1n) is 6.35. The lowest BCUT2D eigenvalue weighted by atomic mass is 10.2. The first-order valence-corrected chi connectivity index (χ1v) is 7.57. The Hall–Kier alpha value is -2.39. The lowest BCUT2D eigenvalue weighted by Crippen LogP contribution is -2.33. The van der Waals surface area contributed by atoms with Crippen LogP contribution < -0.4 is 10.5 Å². The minimum absolute atomic E-state index is 0.213. The molecule has 0 atom stereocenters. The maximum absolute atomic E-state index is 12.1. The number of thioether (sulfide) groups is 1. The number of benzene rings is 1. The molecule has 0 spiro atoms. The summed E-state index contributed by atoms with van der Waals surface area (Å²) in [7, 11) is 0. The molecule has 0 aromatic heterocycles. The summed E-state index contributed by atoms with van der Waals surface area (Å²) in [6, 6.07) is 6.65. The van der Waals surface area contributed by atoms with Crippen molar-refractivity contribution in [2.45, 2.75) is 0 Å². The molecule has 0 unspecified atom stereocenters. The predicted octanol–water partition coefficient (Wildman–Crippen LogP) is 0.837. The van der Waals surface area contributed by atoms with Crippen molar-refractivity contribution in [1.82, 2.24) is 4.90 Å². The second-order valence-electron chi connectivity index (χ2n) is 4.49. The number of nitrogens with two attached hydrogens (primary N) is 1. The number of amides is 2. The van der Waals surface area contributed by atoms with E-state index in [0.29, 0.717) is 16.2 Å². The number of rotatable bonds is 6. The molecule has 1 aromatic carbocycles. The van der Waals surface area contributed by atoms with Crippen molar-refractivity contribution in [3.05, 3.63) is 34.7 Å². The van der Waals surface area contributed by atoms with Crippen molar-refractivity contribution in [2.24, 2.45) is 5.73 Å². The van der Waals surface area contributed by atoms with Gasteiger partial charge in [0.1, 0.15) is 16.6 Å². The largest absolute Gasteiger partial charge is 0.484 e. The lowest BCUT2D eigenvalue weighted by molar-refractivity contribution is -0.140. The van der Waals surface area contributed by atoms with Crippen LogP contribution in [0, 0.1) is 0 Å². The molecule has 120 valence electrons. The Morgan fingerprint density at radius 2 is 2.00 bits per heavy atom. The summed E-state index contributed by atoms with van der Waals surface area (Å²) in [4.78, 5) is 34.9. The van der Waals surface area contributed by atoms with E-state index in [-0.39, 0.29) is 10.9 Å². The van der Waals surface area contributed by atoms with E-state index in [1.807, 2.05) is 0 Å². The van der Waals surface area contributed by atoms with Gasteiger partial charge in [-0.15, -0.1) is 0 Å². The fourth-order valence-electron chi connectivity index (χ4n) is 1.74. The van der Waals surface area contributed by atoms with Gasteiger partial charge in [-0.25, -0.2) is 0 Å². The number of thiocarbonyl (C=S) groups is 1. The number of carboxylic acids is 1. The standard InChI is InChI=1S/C14H12N2O5S2/c15-11(17)7-21-9-3-1-8(2-4-9)5-10-13(20)16(6-12(18)19)14(22)23-10/h1-5H,6-7H2,(H2,15,17)(H,18,19)/b10-5-. The highest BCUT2D eigenvalue weighted by Crippen LogP contribution is 2.32. The van der Waals surface area contributed by atoms with E-state index >= 15 is 0 Å². The predicted molar refractivity (Wildman–Crippen MR) is 88.6 cm³/mol. The Balaban J connectivity index is 2.09. The van der Waals surface area contributed by atoms with E-state index in [4.69, 9.17) is 27.8 Å². The Kier molecular flexibility index (Phi) is 5.35. The summed E-state index contributed by atoms with van der Waals surface area (Å²) in [5.41, 5.74) is 5.70. The Morgan fingerprint density at radius 1 is 1.35 bits per heavy atom. The van der Waals surface area contributed by atoms with Gasteiger partial charge in [-0.1, -0.05) is 36.1 Å². The van der Waals surface area contributed by atoms with Crippen molar-refractivity contribution in [1.29, 1.82) is 0 Å². The van der Waals surface area contributed by atoms with Crippen LogP contribution in [0.2, 0.25) is 0 Å². The maximum Gasteiger partial charge on any atom is 0.323 e. The lowest BCUT2D eigenvalue weighted by Gasteiger charge is -2.10. The van der Waals surface area contributed by atoms with Gasteiger partial charge in [0.2, 0.25) is 0 Å². The van der Waals surface area contributed by atoms with E-state index in [9.17, 15) is 14.4 Å². The quantitative estimate of drug-likeness (QED) is 0.576. The molecule has 0 bridgehead atoms. The average Bonchev–Trinajstić information content (AvgIpc) is 2.74. The third-order valence-corrected chi connectivity index (χ3v) is 4.10. The van der Waals surface area contributed by atoms with Gasteiger partial charge in [0, 0.05) is 0 Å². The molecule has 1 aliphatic rings. The van der Waals surface area contributed by atoms with Crippen LogP contribution in [-0.4, -0.2) is 45.3 Å². The van der Waals surface area contributed by atoms with Crippen LogP contribution in [0.15, 0.2) is 29.2 Å². The molecule has 0 aliphatic carbocycles. The minimum Gasteiger partial charge on any atom is -0.484 e. The maximum atomic E-state index is 12.1. The number of primary amides is 1. The third-order valence-electron chi connectivity index (χ3n) is 2.73. The number of hydrogen-bond donors (Lipinski definition) is 2. The molecular formula is C14H12N2O5S2. The van der Waals surface area contributed by atoms with Crippen molar-refractivity contribution >= 4 is 52.2 Å². The van der Waals surface area contributed by atoms with Gasteiger partial charge in [-0.3, -0.25) is 19.3 Å². The number of carbonyl (C=O) groups is 3. The zero-order valence-corrected chi connectivity index (χ0v) is 13.4. The number of nitrogens with zero attached hydrogens (tertiary/aromatic N) is 1. The second kappa shape index (κ2) is 7.25. The summed E-state index contributed by atoms with van der Waals surface area (Å²) in [6.07, 6.45) is 1.61. The molecule has 0 radical (unpaired) electrons. The van der Waals surface area contributed by atoms with Crippen molar-refractivity contribution in [3.8, 4) is 5.75 Å². The molecule has 2 amide bonds. The van der Waals surface area contributed by atoms with Crippen LogP contribution in [0.3, 0.4) is 0 Å². The summed E-state index contributed by atoms with van der Waals surface area (Å²) >= 11 is 6.06. The van der Waals surface area contributed by atoms with Crippen LogP contribution in [0.4, 0.5) is 0 Å². The van der Waals surface area contributed by atoms with Gasteiger partial charge in [0.15, 0.2) is 6.61 Å². The molecule has 9 heteroatoms. The monoisotopic (exact) mass is 352 g/mol. The number of carboxylic acid groups (broad SMARTS) is 1. The molecule has 3 N–H and O–H groups in total. The second-order valence-corrected chi connectivity index (χ2v) is 6.16. The number of carbonyl (C=O) groups excluding carboxylic acids is 2. The molecule has 1 heterocycles.